The Hall–Kier alpha value is -1.44. The molecular weight excluding hydrogens is 296 g/mol. The van der Waals surface area contributed by atoms with Crippen LogP contribution >= 0.6 is 0 Å². The molecule has 0 radical (unpaired) electrons. The number of carbonyl (C=O) groups excluding carboxylic acids is 2. The standard InChI is InChI=1S/C22H32O2/c1-5-9-17(19(6-2)20(23)7-3)12-16-13-18-11-8-10-15(4)22(18)21(24)14-16/h8,10-11,16-17,19H,5-7,9,12-14H2,1-4H3. The Labute approximate surface area is 147 Å². The smallest absolute Gasteiger partial charge is 0.163 e. The van der Waals surface area contributed by atoms with E-state index in [1.165, 1.54) is 5.56 Å². The van der Waals surface area contributed by atoms with Gasteiger partial charge in [0.2, 0.25) is 0 Å². The Bertz CT molecular complexity index is 588. The predicted molar refractivity (Wildman–Crippen MR) is 99.4 cm³/mol. The summed E-state index contributed by atoms with van der Waals surface area (Å²) in [5.41, 5.74) is 3.27. The summed E-state index contributed by atoms with van der Waals surface area (Å²) in [6.45, 7) is 8.33. The highest BCUT2D eigenvalue weighted by atomic mass is 16.1. The van der Waals surface area contributed by atoms with E-state index >= 15 is 0 Å². The van der Waals surface area contributed by atoms with Gasteiger partial charge in [-0.25, -0.2) is 0 Å². The zero-order valence-electron chi connectivity index (χ0n) is 15.7. The van der Waals surface area contributed by atoms with Gasteiger partial charge in [-0.05, 0) is 49.1 Å². The molecule has 0 amide bonds. The molecule has 1 aliphatic carbocycles. The maximum atomic E-state index is 12.6. The lowest BCUT2D eigenvalue weighted by atomic mass is 9.72. The summed E-state index contributed by atoms with van der Waals surface area (Å²) >= 11 is 0. The number of rotatable bonds is 8. The van der Waals surface area contributed by atoms with E-state index in [-0.39, 0.29) is 5.92 Å². The molecule has 0 bridgehead atoms. The van der Waals surface area contributed by atoms with Crippen molar-refractivity contribution in [2.75, 3.05) is 0 Å². The molecule has 0 fully saturated rings. The Kier molecular flexibility index (Phi) is 6.77. The number of ketones is 2. The maximum absolute atomic E-state index is 12.6. The van der Waals surface area contributed by atoms with Gasteiger partial charge in [-0.1, -0.05) is 51.8 Å². The largest absolute Gasteiger partial charge is 0.299 e. The average molecular weight is 328 g/mol. The first-order chi connectivity index (χ1) is 11.5. The van der Waals surface area contributed by atoms with Crippen LogP contribution in [0, 0.1) is 24.7 Å². The van der Waals surface area contributed by atoms with Crippen LogP contribution in [0.1, 0.15) is 80.8 Å². The second kappa shape index (κ2) is 8.60. The van der Waals surface area contributed by atoms with E-state index in [4.69, 9.17) is 0 Å². The Morgan fingerprint density at radius 1 is 1.21 bits per heavy atom. The molecule has 0 saturated heterocycles. The van der Waals surface area contributed by atoms with Crippen molar-refractivity contribution >= 4 is 11.6 Å². The third-order valence-corrected chi connectivity index (χ3v) is 5.69. The third-order valence-electron chi connectivity index (χ3n) is 5.69. The number of fused-ring (bicyclic) bond motifs is 1. The summed E-state index contributed by atoms with van der Waals surface area (Å²) in [5, 5.41) is 0. The van der Waals surface area contributed by atoms with E-state index in [0.717, 1.165) is 43.2 Å². The zero-order valence-corrected chi connectivity index (χ0v) is 15.7. The number of Topliss-reactive ketones (excluding diaryl/α,β-unsaturated/α-hetero) is 2. The molecule has 24 heavy (non-hydrogen) atoms. The number of hydrogen-bond donors (Lipinski definition) is 0. The zero-order chi connectivity index (χ0) is 17.7. The first kappa shape index (κ1) is 18.9. The molecule has 0 spiro atoms. The Morgan fingerprint density at radius 3 is 2.58 bits per heavy atom. The summed E-state index contributed by atoms with van der Waals surface area (Å²) in [6, 6.07) is 6.20. The summed E-state index contributed by atoms with van der Waals surface area (Å²) in [5.74, 6) is 1.68. The van der Waals surface area contributed by atoms with Crippen LogP contribution in [0.15, 0.2) is 18.2 Å². The fourth-order valence-electron chi connectivity index (χ4n) is 4.58. The van der Waals surface area contributed by atoms with Gasteiger partial charge >= 0.3 is 0 Å². The molecule has 0 N–H and O–H groups in total. The first-order valence-corrected chi connectivity index (χ1v) is 9.66. The summed E-state index contributed by atoms with van der Waals surface area (Å²) in [4.78, 5) is 25.0. The van der Waals surface area contributed by atoms with Gasteiger partial charge in [-0.3, -0.25) is 9.59 Å². The molecule has 0 aromatic heterocycles. The van der Waals surface area contributed by atoms with Gasteiger partial charge in [0.1, 0.15) is 5.78 Å². The van der Waals surface area contributed by atoms with Crippen LogP contribution in [-0.4, -0.2) is 11.6 Å². The van der Waals surface area contributed by atoms with Gasteiger partial charge < -0.3 is 0 Å². The summed E-state index contributed by atoms with van der Waals surface area (Å²) < 4.78 is 0. The van der Waals surface area contributed by atoms with Gasteiger partial charge in [0.05, 0.1) is 0 Å². The van der Waals surface area contributed by atoms with E-state index in [2.05, 4.69) is 26.0 Å². The quantitative estimate of drug-likeness (QED) is 0.627. The molecule has 1 aromatic carbocycles. The number of benzene rings is 1. The van der Waals surface area contributed by atoms with Gasteiger partial charge in [-0.2, -0.15) is 0 Å². The van der Waals surface area contributed by atoms with Crippen molar-refractivity contribution in [3.8, 4) is 0 Å². The van der Waals surface area contributed by atoms with E-state index in [9.17, 15) is 9.59 Å². The molecule has 3 atom stereocenters. The normalized spacial score (nSPS) is 19.7. The molecule has 132 valence electrons. The van der Waals surface area contributed by atoms with Crippen molar-refractivity contribution in [1.29, 1.82) is 0 Å². The maximum Gasteiger partial charge on any atom is 0.163 e. The van der Waals surface area contributed by atoms with Crippen LogP contribution in [0.5, 0.6) is 0 Å². The summed E-state index contributed by atoms with van der Waals surface area (Å²) in [6.07, 6.45) is 6.40. The van der Waals surface area contributed by atoms with Crippen LogP contribution in [0.3, 0.4) is 0 Å². The van der Waals surface area contributed by atoms with Crippen molar-refractivity contribution in [3.63, 3.8) is 0 Å². The van der Waals surface area contributed by atoms with Crippen molar-refractivity contribution in [1.82, 2.24) is 0 Å². The van der Waals surface area contributed by atoms with Gasteiger partial charge in [0, 0.05) is 24.3 Å². The van der Waals surface area contributed by atoms with Gasteiger partial charge in [-0.15, -0.1) is 0 Å². The fourth-order valence-corrected chi connectivity index (χ4v) is 4.58. The molecule has 1 aliphatic rings. The molecule has 2 heteroatoms. The summed E-state index contributed by atoms with van der Waals surface area (Å²) in [7, 11) is 0. The van der Waals surface area contributed by atoms with Crippen LogP contribution in [0.25, 0.3) is 0 Å². The Morgan fingerprint density at radius 2 is 1.96 bits per heavy atom. The SMILES string of the molecule is CCCC(CC1CC(=O)c2c(C)cccc2C1)C(CC)C(=O)CC. The molecule has 2 rings (SSSR count). The highest BCUT2D eigenvalue weighted by Gasteiger charge is 2.31. The van der Waals surface area contributed by atoms with Crippen molar-refractivity contribution in [2.24, 2.45) is 17.8 Å². The van der Waals surface area contributed by atoms with E-state index in [1.807, 2.05) is 19.9 Å². The van der Waals surface area contributed by atoms with Crippen molar-refractivity contribution in [2.45, 2.75) is 72.6 Å². The van der Waals surface area contributed by atoms with Crippen LogP contribution in [-0.2, 0) is 11.2 Å². The minimum Gasteiger partial charge on any atom is -0.299 e. The first-order valence-electron chi connectivity index (χ1n) is 9.66. The second-order valence-corrected chi connectivity index (χ2v) is 7.43. The highest BCUT2D eigenvalue weighted by molar-refractivity contribution is 6.00. The lowest BCUT2D eigenvalue weighted by Crippen LogP contribution is -2.28. The number of carbonyl (C=O) groups is 2. The highest BCUT2D eigenvalue weighted by Crippen LogP contribution is 2.36. The van der Waals surface area contributed by atoms with Crippen LogP contribution in [0.4, 0.5) is 0 Å². The van der Waals surface area contributed by atoms with Crippen LogP contribution < -0.4 is 0 Å². The molecule has 0 saturated carbocycles. The third kappa shape index (κ3) is 4.15. The fraction of sp³-hybridized carbons (Fsp3) is 0.636. The minimum absolute atomic E-state index is 0.170. The van der Waals surface area contributed by atoms with E-state index in [0.29, 0.717) is 36.2 Å². The molecule has 3 unspecified atom stereocenters. The lowest BCUT2D eigenvalue weighted by Gasteiger charge is -2.31. The lowest BCUT2D eigenvalue weighted by molar-refractivity contribution is -0.124. The average Bonchev–Trinajstić information content (AvgIpc) is 2.55. The van der Waals surface area contributed by atoms with E-state index in [1.54, 1.807) is 0 Å². The second-order valence-electron chi connectivity index (χ2n) is 7.43. The Balaban J connectivity index is 2.16. The molecule has 0 heterocycles. The molecule has 0 aliphatic heterocycles. The minimum atomic E-state index is 0.170. The van der Waals surface area contributed by atoms with E-state index < -0.39 is 0 Å². The van der Waals surface area contributed by atoms with Gasteiger partial charge in [0.25, 0.3) is 0 Å². The van der Waals surface area contributed by atoms with Crippen LogP contribution in [0.2, 0.25) is 0 Å². The number of hydrogen-bond acceptors (Lipinski definition) is 2. The van der Waals surface area contributed by atoms with Crippen molar-refractivity contribution < 1.29 is 9.59 Å². The van der Waals surface area contributed by atoms with Gasteiger partial charge in [0.15, 0.2) is 5.78 Å². The van der Waals surface area contributed by atoms with Crippen molar-refractivity contribution in [3.05, 3.63) is 34.9 Å². The molecule has 1 aromatic rings. The monoisotopic (exact) mass is 328 g/mol. The predicted octanol–water partition coefficient (Wildman–Crippen LogP) is 5.55. The molecular formula is C22H32O2. The number of aryl methyl sites for hydroxylation is 1. The molecule has 2 nitrogen and oxygen atoms in total. The topological polar surface area (TPSA) is 34.1 Å².